The molecule has 0 bridgehead atoms. The van der Waals surface area contributed by atoms with E-state index in [-0.39, 0.29) is 29.8 Å². The Morgan fingerprint density at radius 3 is 2.25 bits per heavy atom. The van der Waals surface area contributed by atoms with Crippen molar-refractivity contribution >= 4 is 29.6 Å². The van der Waals surface area contributed by atoms with Gasteiger partial charge in [0.2, 0.25) is 5.96 Å². The van der Waals surface area contributed by atoms with Crippen LogP contribution in [0.15, 0.2) is 34.3 Å². The second-order valence-electron chi connectivity index (χ2n) is 13.7. The number of nitrogens with one attached hydrogen (secondary N) is 1. The normalized spacial score (nSPS) is 17.3. The van der Waals surface area contributed by atoms with Gasteiger partial charge in [0, 0.05) is 31.5 Å². The fraction of sp³-hybridized carbons (Fsp3) is 0.657. The molecule has 10 nitrogen and oxygen atoms in total. The fourth-order valence-electron chi connectivity index (χ4n) is 4.98. The van der Waals surface area contributed by atoms with Crippen LogP contribution in [0.25, 0.3) is 5.70 Å². The van der Waals surface area contributed by atoms with E-state index in [1.807, 2.05) is 13.8 Å². The summed E-state index contributed by atoms with van der Waals surface area (Å²) in [6.45, 7) is 17.0. The van der Waals surface area contributed by atoms with Gasteiger partial charge in [-0.2, -0.15) is 13.2 Å². The minimum absolute atomic E-state index is 0.0506. The van der Waals surface area contributed by atoms with Gasteiger partial charge < -0.3 is 23.8 Å². The van der Waals surface area contributed by atoms with E-state index in [0.717, 1.165) is 6.07 Å². The molecule has 1 fully saturated rings. The van der Waals surface area contributed by atoms with Gasteiger partial charge >= 0.3 is 18.4 Å². The number of benzene rings is 1. The van der Waals surface area contributed by atoms with Crippen LogP contribution in [0.4, 0.5) is 22.8 Å². The number of likely N-dealkylation sites (tertiary alicyclic amines) is 1. The second kappa shape index (κ2) is 17.7. The highest BCUT2D eigenvalue weighted by Gasteiger charge is 2.37. The number of hydrogen-bond acceptors (Lipinski definition) is 7. The predicted molar refractivity (Wildman–Crippen MR) is 181 cm³/mol. The van der Waals surface area contributed by atoms with E-state index in [9.17, 15) is 22.8 Å². The molecular formula is C35H53F3N4O6. The van der Waals surface area contributed by atoms with Crippen LogP contribution in [0, 0.1) is 5.92 Å². The summed E-state index contributed by atoms with van der Waals surface area (Å²) in [6, 6.07) is 3.53. The van der Waals surface area contributed by atoms with Crippen LogP contribution in [0.2, 0.25) is 0 Å². The van der Waals surface area contributed by atoms with E-state index < -0.39 is 41.2 Å². The molecule has 1 heterocycles. The summed E-state index contributed by atoms with van der Waals surface area (Å²) < 4.78 is 64.0. The smallest absolute Gasteiger partial charge is 0.437 e. The Bertz CT molecular complexity index is 1330. The first-order valence-electron chi connectivity index (χ1n) is 16.5. The molecule has 0 aliphatic carbocycles. The third-order valence-electron chi connectivity index (χ3n) is 7.29. The van der Waals surface area contributed by atoms with E-state index in [1.54, 1.807) is 72.6 Å². The minimum Gasteiger partial charge on any atom is -0.493 e. The molecule has 0 spiro atoms. The maximum absolute atomic E-state index is 14.2. The van der Waals surface area contributed by atoms with Gasteiger partial charge in [-0.3, -0.25) is 10.3 Å². The van der Waals surface area contributed by atoms with Gasteiger partial charge in [-0.15, -0.1) is 4.99 Å². The lowest BCUT2D eigenvalue weighted by molar-refractivity contribution is -0.139. The Morgan fingerprint density at radius 2 is 1.69 bits per heavy atom. The Hall–Kier alpha value is -3.61. The molecule has 0 radical (unpaired) electrons. The molecule has 1 saturated heterocycles. The van der Waals surface area contributed by atoms with Crippen LogP contribution in [0.5, 0.6) is 5.75 Å². The molecule has 0 aromatic heterocycles. The number of methoxy groups -OCH3 is 1. The molecule has 2 amide bonds. The van der Waals surface area contributed by atoms with Crippen molar-refractivity contribution in [2.24, 2.45) is 15.9 Å². The molecule has 13 heteroatoms. The number of ether oxygens (including phenoxy) is 4. The largest absolute Gasteiger partial charge is 0.493 e. The molecule has 2 rings (SSSR count). The number of alkyl halides is 3. The van der Waals surface area contributed by atoms with E-state index in [4.69, 9.17) is 23.9 Å². The Morgan fingerprint density at radius 1 is 1.04 bits per heavy atom. The van der Waals surface area contributed by atoms with Crippen LogP contribution >= 0.6 is 0 Å². The SMILES string of the molecule is C/C=C(\N=C(/C(C)CC)C1CCCN1C(=NC(=O)OC(C)(C)C)NC(=O)OC(C)(C)C)c1ccc(OCCCCOC)c(C(F)(F)F)c1. The molecule has 2 atom stereocenters. The molecule has 1 aromatic rings. The van der Waals surface area contributed by atoms with Gasteiger partial charge in [-0.25, -0.2) is 9.59 Å². The molecular weight excluding hydrogens is 629 g/mol. The van der Waals surface area contributed by atoms with Gasteiger partial charge in [-0.05, 0) is 105 Å². The monoisotopic (exact) mass is 682 g/mol. The quantitative estimate of drug-likeness (QED) is 0.141. The Kier molecular flexibility index (Phi) is 14.9. The van der Waals surface area contributed by atoms with E-state index in [1.165, 1.54) is 6.07 Å². The van der Waals surface area contributed by atoms with Crippen LogP contribution in [0.1, 0.15) is 106 Å². The fourth-order valence-corrected chi connectivity index (χ4v) is 4.98. The lowest BCUT2D eigenvalue weighted by atomic mass is 9.94. The van der Waals surface area contributed by atoms with E-state index in [0.29, 0.717) is 56.7 Å². The number of rotatable bonds is 11. The van der Waals surface area contributed by atoms with Crippen molar-refractivity contribution < 1.29 is 41.7 Å². The van der Waals surface area contributed by atoms with Crippen LogP contribution in [0.3, 0.4) is 0 Å². The van der Waals surface area contributed by atoms with Gasteiger partial charge in [0.15, 0.2) is 0 Å². The van der Waals surface area contributed by atoms with E-state index in [2.05, 4.69) is 10.3 Å². The number of nitrogens with zero attached hydrogens (tertiary/aromatic N) is 3. The van der Waals surface area contributed by atoms with Crippen molar-refractivity contribution in [2.45, 2.75) is 118 Å². The van der Waals surface area contributed by atoms with Crippen molar-refractivity contribution in [3.05, 3.63) is 35.4 Å². The minimum atomic E-state index is -4.65. The standard InChI is InChI=1S/C35H53F3N4O6/c1-11-23(3)29(39-26(12-2)24-17-18-28(25(22-24)35(36,37)38)46-21-14-13-20-45-10)27-16-15-19-42(27)30(40-31(43)47-33(4,5)6)41-32(44)48-34(7,8)9/h12,17-18,22-23,27H,11,13-16,19-21H2,1-10H3,(H,40,41,43,44)/b26-12-,39-29+. The highest BCUT2D eigenvalue weighted by molar-refractivity contribution is 6.03. The maximum Gasteiger partial charge on any atom is 0.437 e. The molecule has 1 aliphatic rings. The number of unbranched alkanes of at least 4 members (excludes halogenated alkanes) is 1. The van der Waals surface area contributed by atoms with Crippen molar-refractivity contribution in [1.82, 2.24) is 10.2 Å². The number of alkyl carbamates (subject to hydrolysis) is 1. The highest BCUT2D eigenvalue weighted by atomic mass is 19.4. The van der Waals surface area contributed by atoms with Crippen LogP contribution < -0.4 is 10.1 Å². The molecule has 2 unspecified atom stereocenters. The number of allylic oxidation sites excluding steroid dienone is 1. The number of amides is 2. The number of halogens is 3. The zero-order chi connectivity index (χ0) is 36.3. The first-order valence-corrected chi connectivity index (χ1v) is 16.5. The molecule has 1 N–H and O–H groups in total. The summed E-state index contributed by atoms with van der Waals surface area (Å²) in [4.78, 5) is 36.6. The van der Waals surface area contributed by atoms with Crippen molar-refractivity contribution in [3.8, 4) is 5.75 Å². The second-order valence-corrected chi connectivity index (χ2v) is 13.7. The van der Waals surface area contributed by atoms with Crippen molar-refractivity contribution in [1.29, 1.82) is 0 Å². The summed E-state index contributed by atoms with van der Waals surface area (Å²) in [5.41, 5.74) is -1.22. The molecule has 1 aliphatic heterocycles. The van der Waals surface area contributed by atoms with Gasteiger partial charge in [0.1, 0.15) is 17.0 Å². The van der Waals surface area contributed by atoms with E-state index >= 15 is 0 Å². The number of aliphatic imine (C=N–C) groups is 2. The first kappa shape index (κ1) is 40.6. The summed E-state index contributed by atoms with van der Waals surface area (Å²) in [6.07, 6.45) is -1.49. The number of carbonyl (C=O) groups excluding carboxylic acids is 2. The van der Waals surface area contributed by atoms with Gasteiger partial charge in [0.05, 0.1) is 23.9 Å². The van der Waals surface area contributed by atoms with Gasteiger partial charge in [0.25, 0.3) is 0 Å². The zero-order valence-corrected chi connectivity index (χ0v) is 30.0. The van der Waals surface area contributed by atoms with Crippen molar-refractivity contribution in [2.75, 3.05) is 26.9 Å². The average Bonchev–Trinajstić information content (AvgIpc) is 3.44. The Balaban J connectivity index is 2.57. The zero-order valence-electron chi connectivity index (χ0n) is 30.0. The van der Waals surface area contributed by atoms with Crippen molar-refractivity contribution in [3.63, 3.8) is 0 Å². The van der Waals surface area contributed by atoms with Crippen LogP contribution in [-0.2, 0) is 20.4 Å². The lowest BCUT2D eigenvalue weighted by Gasteiger charge is -2.32. The summed E-state index contributed by atoms with van der Waals surface area (Å²) in [5.74, 6) is -0.402. The first-order chi connectivity index (χ1) is 22.3. The highest BCUT2D eigenvalue weighted by Crippen LogP contribution is 2.38. The summed E-state index contributed by atoms with van der Waals surface area (Å²) in [7, 11) is 1.57. The number of hydrogen-bond donors (Lipinski definition) is 1. The number of carbonyl (C=O) groups is 2. The molecule has 1 aromatic carbocycles. The summed E-state index contributed by atoms with van der Waals surface area (Å²) >= 11 is 0. The third-order valence-corrected chi connectivity index (χ3v) is 7.29. The topological polar surface area (TPSA) is 111 Å². The molecule has 270 valence electrons. The molecule has 0 saturated carbocycles. The lowest BCUT2D eigenvalue weighted by Crippen LogP contribution is -2.51. The number of guanidine groups is 1. The maximum atomic E-state index is 14.2. The van der Waals surface area contributed by atoms with Crippen LogP contribution in [-0.4, -0.2) is 72.9 Å². The van der Waals surface area contributed by atoms with Gasteiger partial charge in [-0.1, -0.05) is 19.9 Å². The predicted octanol–water partition coefficient (Wildman–Crippen LogP) is 8.64. The Labute approximate surface area is 283 Å². The third kappa shape index (κ3) is 13.1. The average molecular weight is 683 g/mol. The summed E-state index contributed by atoms with van der Waals surface area (Å²) in [5, 5.41) is 2.63. The molecule has 48 heavy (non-hydrogen) atoms.